The van der Waals surface area contributed by atoms with E-state index in [1.54, 1.807) is 24.3 Å². The monoisotopic (exact) mass is 424 g/mol. The molecule has 0 heterocycles. The predicted molar refractivity (Wildman–Crippen MR) is 80.0 cm³/mol. The summed E-state index contributed by atoms with van der Waals surface area (Å²) in [6.45, 7) is 0. The van der Waals surface area contributed by atoms with Crippen molar-refractivity contribution in [2.75, 3.05) is 0 Å². The Balaban J connectivity index is 0.000000151. The fraction of sp³-hybridized carbons (Fsp3) is 0. The molecule has 0 atom stereocenters. The molecule has 0 saturated heterocycles. The van der Waals surface area contributed by atoms with Crippen LogP contribution in [-0.2, 0) is 0 Å². The summed E-state index contributed by atoms with van der Waals surface area (Å²) in [6, 6.07) is 17.1. The van der Waals surface area contributed by atoms with Crippen molar-refractivity contribution in [3.8, 4) is 5.75 Å². The molecule has 0 aliphatic rings. The summed E-state index contributed by atoms with van der Waals surface area (Å²) in [4.78, 5) is 0. The SMILES string of the molecule is Ic1ccc(I)cc1.Oc1ccccc1. The van der Waals surface area contributed by atoms with E-state index in [1.807, 2.05) is 6.07 Å². The molecule has 2 aromatic rings. The average Bonchev–Trinajstić information content (AvgIpc) is 2.25. The lowest BCUT2D eigenvalue weighted by Crippen LogP contribution is -1.68. The van der Waals surface area contributed by atoms with Crippen LogP contribution in [0, 0.1) is 7.14 Å². The Bertz CT molecular complexity index is 363. The lowest BCUT2D eigenvalue weighted by atomic mass is 10.3. The highest BCUT2D eigenvalue weighted by Crippen LogP contribution is 2.07. The van der Waals surface area contributed by atoms with Crippen molar-refractivity contribution in [3.05, 3.63) is 61.7 Å². The van der Waals surface area contributed by atoms with E-state index >= 15 is 0 Å². The van der Waals surface area contributed by atoms with Crippen molar-refractivity contribution in [1.82, 2.24) is 0 Å². The number of rotatable bonds is 0. The molecule has 2 aromatic carbocycles. The third-order valence-electron chi connectivity index (χ3n) is 1.56. The van der Waals surface area contributed by atoms with Gasteiger partial charge in [-0.2, -0.15) is 0 Å². The maximum atomic E-state index is 8.63. The summed E-state index contributed by atoms with van der Waals surface area (Å²) < 4.78 is 2.59. The lowest BCUT2D eigenvalue weighted by Gasteiger charge is -1.87. The molecule has 0 bridgehead atoms. The van der Waals surface area contributed by atoms with Crippen LogP contribution in [-0.4, -0.2) is 5.11 Å². The van der Waals surface area contributed by atoms with Crippen LogP contribution in [0.3, 0.4) is 0 Å². The Morgan fingerprint density at radius 2 is 1.07 bits per heavy atom. The highest BCUT2D eigenvalue weighted by atomic mass is 127. The molecule has 0 aromatic heterocycles. The van der Waals surface area contributed by atoms with Gasteiger partial charge in [0.1, 0.15) is 5.75 Å². The molecule has 0 amide bonds. The first-order chi connectivity index (χ1) is 7.18. The fourth-order valence-electron chi connectivity index (χ4n) is 0.858. The van der Waals surface area contributed by atoms with Crippen LogP contribution >= 0.6 is 45.2 Å². The Kier molecular flexibility index (Phi) is 6.00. The third-order valence-corrected chi connectivity index (χ3v) is 3.00. The van der Waals surface area contributed by atoms with E-state index in [-0.39, 0.29) is 0 Å². The summed E-state index contributed by atoms with van der Waals surface area (Å²) in [5, 5.41) is 8.63. The smallest absolute Gasteiger partial charge is 0.115 e. The van der Waals surface area contributed by atoms with Gasteiger partial charge < -0.3 is 5.11 Å². The van der Waals surface area contributed by atoms with Gasteiger partial charge in [0.25, 0.3) is 0 Å². The van der Waals surface area contributed by atoms with Crippen molar-refractivity contribution in [2.24, 2.45) is 0 Å². The van der Waals surface area contributed by atoms with Gasteiger partial charge in [-0.05, 0) is 81.6 Å². The highest BCUT2D eigenvalue weighted by Gasteiger charge is 1.82. The van der Waals surface area contributed by atoms with Crippen LogP contribution in [0.15, 0.2) is 54.6 Å². The van der Waals surface area contributed by atoms with Crippen molar-refractivity contribution >= 4 is 45.2 Å². The first-order valence-electron chi connectivity index (χ1n) is 4.33. The van der Waals surface area contributed by atoms with Gasteiger partial charge in [0.2, 0.25) is 0 Å². The summed E-state index contributed by atoms with van der Waals surface area (Å²) in [7, 11) is 0. The normalized spacial score (nSPS) is 8.93. The second-order valence-corrected chi connectivity index (χ2v) is 5.26. The zero-order valence-electron chi connectivity index (χ0n) is 7.90. The molecule has 2 rings (SSSR count). The Hall–Kier alpha value is -0.300. The fourth-order valence-corrected chi connectivity index (χ4v) is 1.58. The summed E-state index contributed by atoms with van der Waals surface area (Å²) in [5.41, 5.74) is 0. The van der Waals surface area contributed by atoms with Gasteiger partial charge in [0.05, 0.1) is 0 Å². The maximum absolute atomic E-state index is 8.63. The largest absolute Gasteiger partial charge is 0.508 e. The number of hydrogen-bond acceptors (Lipinski definition) is 1. The van der Waals surface area contributed by atoms with E-state index in [0.29, 0.717) is 5.75 Å². The second-order valence-electron chi connectivity index (χ2n) is 2.77. The molecule has 0 aliphatic carbocycles. The minimum absolute atomic E-state index is 0.322. The van der Waals surface area contributed by atoms with Gasteiger partial charge in [-0.15, -0.1) is 0 Å². The van der Waals surface area contributed by atoms with E-state index in [2.05, 4.69) is 69.4 Å². The van der Waals surface area contributed by atoms with Crippen LogP contribution in [0.5, 0.6) is 5.75 Å². The second kappa shape index (κ2) is 7.05. The molecule has 0 saturated carbocycles. The van der Waals surface area contributed by atoms with Gasteiger partial charge in [-0.25, -0.2) is 0 Å². The Morgan fingerprint density at radius 1 is 0.667 bits per heavy atom. The van der Waals surface area contributed by atoms with Gasteiger partial charge in [-0.1, -0.05) is 18.2 Å². The van der Waals surface area contributed by atoms with Crippen molar-refractivity contribution in [2.45, 2.75) is 0 Å². The van der Waals surface area contributed by atoms with Crippen molar-refractivity contribution in [1.29, 1.82) is 0 Å². The van der Waals surface area contributed by atoms with Gasteiger partial charge >= 0.3 is 0 Å². The molecule has 0 aliphatic heterocycles. The maximum Gasteiger partial charge on any atom is 0.115 e. The average molecular weight is 424 g/mol. The first kappa shape index (κ1) is 12.8. The molecule has 0 fully saturated rings. The number of phenolic OH excluding ortho intramolecular Hbond substituents is 1. The molecule has 78 valence electrons. The van der Waals surface area contributed by atoms with Crippen LogP contribution in [0.4, 0.5) is 0 Å². The highest BCUT2D eigenvalue weighted by molar-refractivity contribution is 14.1. The van der Waals surface area contributed by atoms with Crippen LogP contribution < -0.4 is 0 Å². The van der Waals surface area contributed by atoms with Crippen molar-refractivity contribution < 1.29 is 5.11 Å². The molecule has 0 radical (unpaired) electrons. The molecule has 0 spiro atoms. The zero-order valence-corrected chi connectivity index (χ0v) is 12.2. The quantitative estimate of drug-likeness (QED) is 0.627. The number of aromatic hydroxyl groups is 1. The van der Waals surface area contributed by atoms with E-state index in [0.717, 1.165) is 0 Å². The Labute approximate surface area is 117 Å². The van der Waals surface area contributed by atoms with E-state index < -0.39 is 0 Å². The molecule has 1 nitrogen and oxygen atoms in total. The standard InChI is InChI=1S/C6H4I2.C6H6O/c7-5-1-2-6(8)4-3-5;7-6-4-2-1-3-5-6/h1-4H;1-5,7H. The Morgan fingerprint density at radius 3 is 1.33 bits per heavy atom. The molecule has 3 heteroatoms. The van der Waals surface area contributed by atoms with Gasteiger partial charge in [0, 0.05) is 7.14 Å². The predicted octanol–water partition coefficient (Wildman–Crippen LogP) is 4.29. The minimum Gasteiger partial charge on any atom is -0.508 e. The molecule has 15 heavy (non-hydrogen) atoms. The number of hydrogen-bond donors (Lipinski definition) is 1. The molecular formula is C12H10I2O. The van der Waals surface area contributed by atoms with Crippen LogP contribution in [0.1, 0.15) is 0 Å². The van der Waals surface area contributed by atoms with Gasteiger partial charge in [0.15, 0.2) is 0 Å². The van der Waals surface area contributed by atoms with E-state index in [1.165, 1.54) is 7.14 Å². The van der Waals surface area contributed by atoms with Crippen molar-refractivity contribution in [3.63, 3.8) is 0 Å². The van der Waals surface area contributed by atoms with Crippen LogP contribution in [0.25, 0.3) is 0 Å². The summed E-state index contributed by atoms with van der Waals surface area (Å²) in [5.74, 6) is 0.322. The third kappa shape index (κ3) is 5.99. The number of benzene rings is 2. The van der Waals surface area contributed by atoms with Crippen LogP contribution in [0.2, 0.25) is 0 Å². The molecular weight excluding hydrogens is 414 g/mol. The molecule has 1 N–H and O–H groups in total. The zero-order chi connectivity index (χ0) is 11.1. The molecule has 0 unspecified atom stereocenters. The first-order valence-corrected chi connectivity index (χ1v) is 6.49. The number of phenols is 1. The lowest BCUT2D eigenvalue weighted by molar-refractivity contribution is 0.475. The van der Waals surface area contributed by atoms with E-state index in [4.69, 9.17) is 5.11 Å². The topological polar surface area (TPSA) is 20.2 Å². The van der Waals surface area contributed by atoms with E-state index in [9.17, 15) is 0 Å². The number of halogens is 2. The van der Waals surface area contributed by atoms with Gasteiger partial charge in [-0.3, -0.25) is 0 Å². The summed E-state index contributed by atoms with van der Waals surface area (Å²) in [6.07, 6.45) is 0. The summed E-state index contributed by atoms with van der Waals surface area (Å²) >= 11 is 4.59. The minimum atomic E-state index is 0.322. The number of para-hydroxylation sites is 1.